The van der Waals surface area contributed by atoms with Crippen LogP contribution in [0, 0.1) is 6.92 Å². The largest absolute Gasteiger partial charge is 0.399 e. The van der Waals surface area contributed by atoms with Crippen LogP contribution in [-0.4, -0.2) is 10.9 Å². The molecule has 0 saturated carbocycles. The van der Waals surface area contributed by atoms with Gasteiger partial charge in [0, 0.05) is 10.6 Å². The number of aromatic nitrogens is 1. The van der Waals surface area contributed by atoms with Crippen LogP contribution in [0.15, 0.2) is 24.3 Å². The molecular formula is C15H19N3OS. The predicted molar refractivity (Wildman–Crippen MR) is 84.1 cm³/mol. The molecule has 0 radical (unpaired) electrons. The number of anilines is 2. The fourth-order valence-electron chi connectivity index (χ4n) is 2.00. The summed E-state index contributed by atoms with van der Waals surface area (Å²) in [5.74, 6) is -0.320. The Morgan fingerprint density at radius 2 is 2.25 bits per heavy atom. The summed E-state index contributed by atoms with van der Waals surface area (Å²) < 4.78 is 0. The van der Waals surface area contributed by atoms with E-state index in [4.69, 9.17) is 5.73 Å². The van der Waals surface area contributed by atoms with Crippen LogP contribution in [0.1, 0.15) is 35.9 Å². The zero-order chi connectivity index (χ0) is 14.7. The summed E-state index contributed by atoms with van der Waals surface area (Å²) in [7, 11) is 0. The van der Waals surface area contributed by atoms with E-state index in [9.17, 15) is 4.79 Å². The van der Waals surface area contributed by atoms with Gasteiger partial charge in [-0.05, 0) is 38.0 Å². The second kappa shape index (κ2) is 6.05. The Hall–Kier alpha value is -1.88. The van der Waals surface area contributed by atoms with E-state index < -0.39 is 0 Å². The summed E-state index contributed by atoms with van der Waals surface area (Å²) in [6.45, 7) is 5.95. The van der Waals surface area contributed by atoms with Crippen molar-refractivity contribution in [1.82, 2.24) is 4.98 Å². The average Bonchev–Trinajstić information content (AvgIpc) is 2.77. The van der Waals surface area contributed by atoms with Crippen molar-refractivity contribution in [3.05, 3.63) is 40.4 Å². The summed E-state index contributed by atoms with van der Waals surface area (Å²) in [4.78, 5) is 17.8. The van der Waals surface area contributed by atoms with Crippen molar-refractivity contribution in [2.45, 2.75) is 33.1 Å². The van der Waals surface area contributed by atoms with Gasteiger partial charge < -0.3 is 11.1 Å². The van der Waals surface area contributed by atoms with Gasteiger partial charge in [0.2, 0.25) is 5.91 Å². The third kappa shape index (κ3) is 3.17. The van der Waals surface area contributed by atoms with Gasteiger partial charge in [0.1, 0.15) is 0 Å². The molecule has 0 saturated heterocycles. The fourth-order valence-corrected chi connectivity index (χ4v) is 2.91. The van der Waals surface area contributed by atoms with E-state index in [1.807, 2.05) is 38.1 Å². The topological polar surface area (TPSA) is 68.0 Å². The minimum atomic E-state index is -0.257. The first-order valence-electron chi connectivity index (χ1n) is 6.63. The maximum atomic E-state index is 12.2. The maximum Gasteiger partial charge on any atom is 0.233 e. The summed E-state index contributed by atoms with van der Waals surface area (Å²) in [6.07, 6.45) is 0.878. The molecule has 1 heterocycles. The second-order valence-corrected chi connectivity index (χ2v) is 5.96. The molecule has 0 fully saturated rings. The van der Waals surface area contributed by atoms with Crippen LogP contribution in [0.5, 0.6) is 0 Å². The normalized spacial score (nSPS) is 12.2. The smallest absolute Gasteiger partial charge is 0.233 e. The Kier molecular flexibility index (Phi) is 4.39. The third-order valence-corrected chi connectivity index (χ3v) is 4.19. The van der Waals surface area contributed by atoms with Crippen molar-refractivity contribution >= 4 is 28.1 Å². The van der Waals surface area contributed by atoms with E-state index in [1.54, 1.807) is 0 Å². The number of nitrogens with one attached hydrogen (secondary N) is 1. The van der Waals surface area contributed by atoms with Crippen LogP contribution >= 0.6 is 11.3 Å². The quantitative estimate of drug-likeness (QED) is 0.848. The molecule has 1 unspecified atom stereocenters. The molecule has 0 aliphatic carbocycles. The van der Waals surface area contributed by atoms with Crippen molar-refractivity contribution in [2.75, 3.05) is 11.1 Å². The molecule has 0 spiro atoms. The van der Waals surface area contributed by atoms with Crippen molar-refractivity contribution < 1.29 is 4.79 Å². The molecule has 106 valence electrons. The molecule has 0 bridgehead atoms. The Labute approximate surface area is 123 Å². The molecule has 1 amide bonds. The number of hydrogen-bond acceptors (Lipinski definition) is 4. The van der Waals surface area contributed by atoms with Gasteiger partial charge in [0.15, 0.2) is 5.13 Å². The minimum absolute atomic E-state index is 0.0630. The monoisotopic (exact) mass is 289 g/mol. The molecule has 0 aliphatic rings. The van der Waals surface area contributed by atoms with Crippen molar-refractivity contribution in [1.29, 1.82) is 0 Å². The molecular weight excluding hydrogens is 270 g/mol. The lowest BCUT2D eigenvalue weighted by Crippen LogP contribution is -2.18. The third-order valence-electron chi connectivity index (χ3n) is 3.26. The zero-order valence-corrected chi connectivity index (χ0v) is 12.8. The molecule has 4 nitrogen and oxygen atoms in total. The van der Waals surface area contributed by atoms with Crippen LogP contribution in [0.4, 0.5) is 10.8 Å². The number of nitrogen functional groups attached to an aromatic ring is 1. The zero-order valence-electron chi connectivity index (χ0n) is 11.9. The van der Waals surface area contributed by atoms with Gasteiger partial charge in [-0.15, -0.1) is 11.3 Å². The van der Waals surface area contributed by atoms with E-state index in [0.717, 1.165) is 22.6 Å². The Morgan fingerprint density at radius 3 is 2.85 bits per heavy atom. The number of amides is 1. The van der Waals surface area contributed by atoms with Crippen LogP contribution in [0.3, 0.4) is 0 Å². The van der Waals surface area contributed by atoms with Crippen LogP contribution in [0.25, 0.3) is 0 Å². The van der Waals surface area contributed by atoms with Crippen molar-refractivity contribution in [3.63, 3.8) is 0 Å². The number of nitrogens with two attached hydrogens (primary N) is 1. The number of hydrogen-bond donors (Lipinski definition) is 2. The van der Waals surface area contributed by atoms with E-state index >= 15 is 0 Å². The molecule has 1 aromatic carbocycles. The van der Waals surface area contributed by atoms with Gasteiger partial charge in [-0.3, -0.25) is 4.79 Å². The van der Waals surface area contributed by atoms with E-state index in [1.165, 1.54) is 11.3 Å². The van der Waals surface area contributed by atoms with Crippen molar-refractivity contribution in [3.8, 4) is 0 Å². The van der Waals surface area contributed by atoms with Gasteiger partial charge in [-0.25, -0.2) is 4.98 Å². The number of carbonyl (C=O) groups excluding carboxylic acids is 1. The van der Waals surface area contributed by atoms with Crippen LogP contribution < -0.4 is 11.1 Å². The lowest BCUT2D eigenvalue weighted by Gasteiger charge is -2.11. The lowest BCUT2D eigenvalue weighted by atomic mass is 10.00. The highest BCUT2D eigenvalue weighted by Crippen LogP contribution is 2.25. The van der Waals surface area contributed by atoms with E-state index in [0.29, 0.717) is 10.8 Å². The number of nitrogens with zero attached hydrogens (tertiary/aromatic N) is 1. The highest BCUT2D eigenvalue weighted by Gasteiger charge is 2.17. The Balaban J connectivity index is 2.11. The van der Waals surface area contributed by atoms with Gasteiger partial charge in [0.05, 0.1) is 11.6 Å². The van der Waals surface area contributed by atoms with Crippen molar-refractivity contribution in [2.24, 2.45) is 0 Å². The highest BCUT2D eigenvalue weighted by molar-refractivity contribution is 7.15. The standard InChI is InChI=1S/C15H19N3OS/c1-4-13-10(3)20-15(17-13)18-14(19)9(2)11-6-5-7-12(16)8-11/h5-9H,4,16H2,1-3H3,(H,17,18,19). The minimum Gasteiger partial charge on any atom is -0.399 e. The summed E-state index contributed by atoms with van der Waals surface area (Å²) >= 11 is 1.52. The molecule has 5 heteroatoms. The number of carbonyl (C=O) groups is 1. The number of rotatable bonds is 4. The van der Waals surface area contributed by atoms with Crippen LogP contribution in [0.2, 0.25) is 0 Å². The molecule has 2 aromatic rings. The first-order chi connectivity index (χ1) is 9.51. The van der Waals surface area contributed by atoms with Crippen LogP contribution in [-0.2, 0) is 11.2 Å². The highest BCUT2D eigenvalue weighted by atomic mass is 32.1. The lowest BCUT2D eigenvalue weighted by molar-refractivity contribution is -0.117. The second-order valence-electron chi connectivity index (χ2n) is 4.76. The summed E-state index contributed by atoms with van der Waals surface area (Å²) in [5, 5.41) is 3.55. The SMILES string of the molecule is CCc1nc(NC(=O)C(C)c2cccc(N)c2)sc1C. The fraction of sp³-hybridized carbons (Fsp3) is 0.333. The van der Waals surface area contributed by atoms with Gasteiger partial charge in [-0.2, -0.15) is 0 Å². The first-order valence-corrected chi connectivity index (χ1v) is 7.45. The molecule has 1 aromatic heterocycles. The van der Waals surface area contributed by atoms with Gasteiger partial charge in [0.25, 0.3) is 0 Å². The Bertz CT molecular complexity index is 621. The molecule has 0 aliphatic heterocycles. The van der Waals surface area contributed by atoms with Gasteiger partial charge >= 0.3 is 0 Å². The molecule has 20 heavy (non-hydrogen) atoms. The van der Waals surface area contributed by atoms with E-state index in [2.05, 4.69) is 17.2 Å². The summed E-state index contributed by atoms with van der Waals surface area (Å²) in [6, 6.07) is 7.41. The molecule has 1 atom stereocenters. The maximum absolute atomic E-state index is 12.2. The van der Waals surface area contributed by atoms with E-state index in [-0.39, 0.29) is 11.8 Å². The number of aryl methyl sites for hydroxylation is 2. The predicted octanol–water partition coefficient (Wildman–Crippen LogP) is 3.34. The molecule has 2 rings (SSSR count). The Morgan fingerprint density at radius 1 is 1.50 bits per heavy atom. The summed E-state index contributed by atoms with van der Waals surface area (Å²) in [5.41, 5.74) is 8.37. The number of benzene rings is 1. The average molecular weight is 289 g/mol. The number of thiazole rings is 1. The molecule has 3 N–H and O–H groups in total. The first kappa shape index (κ1) is 14.5. The van der Waals surface area contributed by atoms with Gasteiger partial charge in [-0.1, -0.05) is 19.1 Å².